The van der Waals surface area contributed by atoms with Gasteiger partial charge in [-0.1, -0.05) is 37.4 Å². The molecule has 0 aliphatic carbocycles. The van der Waals surface area contributed by atoms with Crippen molar-refractivity contribution in [2.45, 2.75) is 13.5 Å². The second-order valence-corrected chi connectivity index (χ2v) is 6.85. The van der Waals surface area contributed by atoms with Crippen molar-refractivity contribution in [2.24, 2.45) is 0 Å². The maximum atomic E-state index is 12.9. The highest BCUT2D eigenvalue weighted by Gasteiger charge is 2.33. The summed E-state index contributed by atoms with van der Waals surface area (Å²) in [5.41, 5.74) is 3.20. The average Bonchev–Trinajstić information content (AvgIpc) is 3.09. The lowest BCUT2D eigenvalue weighted by Gasteiger charge is -2.18. The Morgan fingerprint density at radius 1 is 1.03 bits per heavy atom. The number of hydrogen-bond donors (Lipinski definition) is 2. The zero-order valence-electron chi connectivity index (χ0n) is 17.2. The van der Waals surface area contributed by atoms with Crippen molar-refractivity contribution >= 4 is 29.4 Å². The molecule has 0 aromatic heterocycles. The molecule has 31 heavy (non-hydrogen) atoms. The number of amides is 3. The summed E-state index contributed by atoms with van der Waals surface area (Å²) >= 11 is 0. The van der Waals surface area contributed by atoms with E-state index in [1.165, 1.54) is 18.9 Å². The van der Waals surface area contributed by atoms with Gasteiger partial charge in [-0.3, -0.25) is 19.3 Å². The summed E-state index contributed by atoms with van der Waals surface area (Å²) in [7, 11) is 1.17. The van der Waals surface area contributed by atoms with Crippen LogP contribution in [0.25, 0.3) is 11.1 Å². The fourth-order valence-corrected chi connectivity index (χ4v) is 3.26. The van der Waals surface area contributed by atoms with Crippen molar-refractivity contribution in [3.63, 3.8) is 0 Å². The van der Waals surface area contributed by atoms with Crippen LogP contribution >= 0.6 is 0 Å². The number of esters is 1. The van der Waals surface area contributed by atoms with Gasteiger partial charge in [0.15, 0.2) is 0 Å². The smallest absolute Gasteiger partial charge is 0.353 e. The van der Waals surface area contributed by atoms with Crippen molar-refractivity contribution in [2.75, 3.05) is 12.4 Å². The third kappa shape index (κ3) is 4.37. The molecule has 2 aromatic rings. The number of hydrogen-bond acceptors (Lipinski definition) is 5. The Bertz CT molecular complexity index is 1120. The molecule has 1 aliphatic rings. The Balaban J connectivity index is 1.83. The zero-order chi connectivity index (χ0) is 22.7. The first-order chi connectivity index (χ1) is 14.7. The molecule has 3 amide bonds. The number of nitrogens with zero attached hydrogens (tertiary/aromatic N) is 1. The van der Waals surface area contributed by atoms with Crippen LogP contribution in [0.2, 0.25) is 0 Å². The highest BCUT2D eigenvalue weighted by Crippen LogP contribution is 2.34. The topological polar surface area (TPSA) is 105 Å². The van der Waals surface area contributed by atoms with Gasteiger partial charge in [-0.05, 0) is 34.9 Å². The molecule has 0 radical (unpaired) electrons. The van der Waals surface area contributed by atoms with Gasteiger partial charge in [0.2, 0.25) is 5.91 Å². The number of methoxy groups -OCH3 is 1. The molecule has 2 aromatic carbocycles. The Morgan fingerprint density at radius 2 is 1.68 bits per heavy atom. The van der Waals surface area contributed by atoms with Crippen LogP contribution in [-0.2, 0) is 25.7 Å². The largest absolute Gasteiger partial charge is 0.464 e. The van der Waals surface area contributed by atoms with E-state index in [0.29, 0.717) is 11.3 Å². The minimum Gasteiger partial charge on any atom is -0.464 e. The molecule has 0 fully saturated rings. The zero-order valence-corrected chi connectivity index (χ0v) is 17.2. The summed E-state index contributed by atoms with van der Waals surface area (Å²) in [6.45, 7) is 8.72. The minimum atomic E-state index is -0.790. The molecular weight excluding hydrogens is 398 g/mol. The third-order valence-electron chi connectivity index (χ3n) is 4.77. The maximum Gasteiger partial charge on any atom is 0.353 e. The normalized spacial score (nSPS) is 12.1. The van der Waals surface area contributed by atoms with E-state index in [2.05, 4.69) is 28.5 Å². The summed E-state index contributed by atoms with van der Waals surface area (Å²) in [5, 5.41) is 4.99. The summed E-state index contributed by atoms with van der Waals surface area (Å²) in [6, 6.07) is 12.6. The lowest BCUT2D eigenvalue weighted by Crippen LogP contribution is -2.36. The van der Waals surface area contributed by atoms with Crippen LogP contribution in [0.3, 0.4) is 0 Å². The van der Waals surface area contributed by atoms with E-state index in [9.17, 15) is 19.2 Å². The minimum absolute atomic E-state index is 0.113. The van der Waals surface area contributed by atoms with E-state index < -0.39 is 11.9 Å². The molecule has 0 spiro atoms. The first-order valence-corrected chi connectivity index (χ1v) is 9.32. The van der Waals surface area contributed by atoms with E-state index in [-0.39, 0.29) is 29.8 Å². The first kappa shape index (κ1) is 21.5. The molecule has 8 nitrogen and oxygen atoms in total. The third-order valence-corrected chi connectivity index (χ3v) is 4.77. The van der Waals surface area contributed by atoms with Gasteiger partial charge in [-0.15, -0.1) is 0 Å². The van der Waals surface area contributed by atoms with Gasteiger partial charge in [0, 0.05) is 18.2 Å². The molecule has 8 heteroatoms. The fraction of sp³-hybridized carbons (Fsp3) is 0.130. The van der Waals surface area contributed by atoms with Crippen LogP contribution < -0.4 is 10.6 Å². The number of benzene rings is 2. The van der Waals surface area contributed by atoms with E-state index in [0.717, 1.165) is 16.7 Å². The predicted molar refractivity (Wildman–Crippen MR) is 114 cm³/mol. The van der Waals surface area contributed by atoms with Crippen LogP contribution in [0.4, 0.5) is 5.69 Å². The summed E-state index contributed by atoms with van der Waals surface area (Å²) in [4.78, 5) is 49.2. The maximum absolute atomic E-state index is 12.9. The van der Waals surface area contributed by atoms with E-state index in [1.807, 2.05) is 18.2 Å². The molecule has 3 rings (SSSR count). The Kier molecular flexibility index (Phi) is 6.01. The SMILES string of the molecule is C=C(NC(=O)C(=C)N1Cc2c(cccc2-c2ccc(NC(C)=O)cc2)C1=O)C(=O)OC. The average molecular weight is 419 g/mol. The van der Waals surface area contributed by atoms with Crippen molar-refractivity contribution in [1.82, 2.24) is 10.2 Å². The lowest BCUT2D eigenvalue weighted by atomic mass is 9.97. The van der Waals surface area contributed by atoms with Crippen molar-refractivity contribution in [3.8, 4) is 11.1 Å². The highest BCUT2D eigenvalue weighted by atomic mass is 16.5. The van der Waals surface area contributed by atoms with Gasteiger partial charge < -0.3 is 15.4 Å². The number of fused-ring (bicyclic) bond motifs is 1. The number of carbonyl (C=O) groups is 4. The van der Waals surface area contributed by atoms with Crippen LogP contribution in [0.5, 0.6) is 0 Å². The number of ether oxygens (including phenoxy) is 1. The Morgan fingerprint density at radius 3 is 2.29 bits per heavy atom. The van der Waals surface area contributed by atoms with Gasteiger partial charge in [0.05, 0.1) is 13.7 Å². The summed E-state index contributed by atoms with van der Waals surface area (Å²) < 4.78 is 4.50. The molecule has 0 unspecified atom stereocenters. The molecule has 0 bridgehead atoms. The summed E-state index contributed by atoms with van der Waals surface area (Å²) in [6.07, 6.45) is 0. The quantitative estimate of drug-likeness (QED) is 0.553. The molecule has 1 aliphatic heterocycles. The molecule has 158 valence electrons. The van der Waals surface area contributed by atoms with Crippen LogP contribution in [0.15, 0.2) is 67.0 Å². The molecular formula is C23H21N3O5. The number of rotatable bonds is 6. The van der Waals surface area contributed by atoms with Gasteiger partial charge in [-0.25, -0.2) is 4.79 Å². The van der Waals surface area contributed by atoms with Crippen LogP contribution in [0, 0.1) is 0 Å². The van der Waals surface area contributed by atoms with E-state index in [4.69, 9.17) is 0 Å². The van der Waals surface area contributed by atoms with Crippen LogP contribution in [-0.4, -0.2) is 35.7 Å². The fourth-order valence-electron chi connectivity index (χ4n) is 3.26. The van der Waals surface area contributed by atoms with Gasteiger partial charge in [-0.2, -0.15) is 0 Å². The number of carbonyl (C=O) groups excluding carboxylic acids is 4. The van der Waals surface area contributed by atoms with Crippen molar-refractivity contribution in [3.05, 3.63) is 78.1 Å². The molecule has 1 heterocycles. The molecule has 0 saturated carbocycles. The second kappa shape index (κ2) is 8.66. The first-order valence-electron chi connectivity index (χ1n) is 9.32. The summed E-state index contributed by atoms with van der Waals surface area (Å²) in [5.74, 6) is -2.04. The molecule has 0 saturated heterocycles. The standard InChI is InChI=1S/C23H21N3O5/c1-13(23(30)31-4)24-21(28)14(2)26-12-20-18(6-5-7-19(20)22(26)29)16-8-10-17(11-9-16)25-15(3)27/h5-11H,1-2,12H2,3-4H3,(H,24,28)(H,25,27). The van der Waals surface area contributed by atoms with Crippen molar-refractivity contribution in [1.29, 1.82) is 0 Å². The monoisotopic (exact) mass is 419 g/mol. The van der Waals surface area contributed by atoms with Crippen molar-refractivity contribution < 1.29 is 23.9 Å². The lowest BCUT2D eigenvalue weighted by molar-refractivity contribution is -0.137. The van der Waals surface area contributed by atoms with Gasteiger partial charge in [0.1, 0.15) is 11.4 Å². The Labute approximate surface area is 179 Å². The van der Waals surface area contributed by atoms with Crippen LogP contribution in [0.1, 0.15) is 22.8 Å². The molecule has 2 N–H and O–H groups in total. The predicted octanol–water partition coefficient (Wildman–Crippen LogP) is 2.58. The van der Waals surface area contributed by atoms with E-state index in [1.54, 1.807) is 24.3 Å². The highest BCUT2D eigenvalue weighted by molar-refractivity contribution is 6.07. The molecule has 0 atom stereocenters. The second-order valence-electron chi connectivity index (χ2n) is 6.85. The van der Waals surface area contributed by atoms with Gasteiger partial charge in [0.25, 0.3) is 11.8 Å². The van der Waals surface area contributed by atoms with Gasteiger partial charge >= 0.3 is 5.97 Å². The number of nitrogens with one attached hydrogen (secondary N) is 2. The van der Waals surface area contributed by atoms with E-state index >= 15 is 0 Å². The Hall–Kier alpha value is -4.20. The number of anilines is 1.